The number of phenolic OH excluding ortho intramolecular Hbond substituents is 1. The van der Waals surface area contributed by atoms with Crippen molar-refractivity contribution in [2.75, 3.05) is 13.1 Å². The monoisotopic (exact) mass is 450 g/mol. The highest BCUT2D eigenvalue weighted by molar-refractivity contribution is 5.86. The third-order valence-electron chi connectivity index (χ3n) is 9.07. The van der Waals surface area contributed by atoms with E-state index in [-0.39, 0.29) is 30.3 Å². The van der Waals surface area contributed by atoms with E-state index in [1.165, 1.54) is 29.4 Å². The fourth-order valence-electron chi connectivity index (χ4n) is 7.57. The molecule has 1 saturated carbocycles. The van der Waals surface area contributed by atoms with Crippen LogP contribution in [0.1, 0.15) is 47.8 Å². The molecule has 32 heavy (non-hydrogen) atoms. The van der Waals surface area contributed by atoms with Crippen LogP contribution in [0.2, 0.25) is 0 Å². The van der Waals surface area contributed by atoms with E-state index in [0.717, 1.165) is 48.6 Å². The molecular weight excluding hydrogens is 424 g/mol. The fraction of sp³-hybridized carbons (Fsp3) is 0.462. The molecule has 1 saturated heterocycles. The van der Waals surface area contributed by atoms with Gasteiger partial charge in [-0.25, -0.2) is 0 Å². The lowest BCUT2D eigenvalue weighted by molar-refractivity contribution is -0.173. The molecule has 2 aliphatic heterocycles. The van der Waals surface area contributed by atoms with Crippen molar-refractivity contribution in [2.24, 2.45) is 5.92 Å². The average Bonchev–Trinajstić information content (AvgIpc) is 3.40. The smallest absolute Gasteiger partial charge is 0.166 e. The molecule has 2 fully saturated rings. The number of aromatic nitrogens is 1. The Bertz CT molecular complexity index is 1280. The minimum atomic E-state index is -0.908. The summed E-state index contributed by atoms with van der Waals surface area (Å²) in [5.41, 5.74) is 4.27. The highest BCUT2D eigenvalue weighted by atomic mass is 35.5. The Balaban J connectivity index is 0.00000180. The number of phenols is 1. The number of para-hydroxylation sites is 1. The maximum Gasteiger partial charge on any atom is 0.166 e. The Kier molecular flexibility index (Phi) is 3.62. The van der Waals surface area contributed by atoms with E-state index in [4.69, 9.17) is 4.74 Å². The second-order valence-corrected chi connectivity index (χ2v) is 10.5. The van der Waals surface area contributed by atoms with E-state index in [1.807, 2.05) is 6.07 Å². The van der Waals surface area contributed by atoms with Gasteiger partial charge < -0.3 is 19.9 Å². The predicted octanol–water partition coefficient (Wildman–Crippen LogP) is 3.99. The van der Waals surface area contributed by atoms with Gasteiger partial charge >= 0.3 is 0 Å². The van der Waals surface area contributed by atoms with Crippen LogP contribution in [-0.2, 0) is 18.3 Å². The molecule has 0 radical (unpaired) electrons. The maximum atomic E-state index is 12.7. The van der Waals surface area contributed by atoms with Crippen LogP contribution in [0.25, 0.3) is 10.9 Å². The van der Waals surface area contributed by atoms with Crippen molar-refractivity contribution < 1.29 is 14.9 Å². The van der Waals surface area contributed by atoms with Crippen LogP contribution in [0, 0.1) is 5.92 Å². The summed E-state index contributed by atoms with van der Waals surface area (Å²) >= 11 is 0. The van der Waals surface area contributed by atoms with E-state index in [9.17, 15) is 10.2 Å². The van der Waals surface area contributed by atoms with E-state index in [2.05, 4.69) is 34.1 Å². The molecule has 5 nitrogen and oxygen atoms in total. The van der Waals surface area contributed by atoms with Gasteiger partial charge in [-0.2, -0.15) is 0 Å². The summed E-state index contributed by atoms with van der Waals surface area (Å²) in [6.07, 6.45) is 4.66. The Hall–Kier alpha value is -2.21. The van der Waals surface area contributed by atoms with Gasteiger partial charge in [-0.05, 0) is 61.4 Å². The summed E-state index contributed by atoms with van der Waals surface area (Å²) in [5, 5.41) is 24.6. The number of fused-ring (bicyclic) bond motifs is 4. The van der Waals surface area contributed by atoms with Gasteiger partial charge in [0.2, 0.25) is 0 Å². The lowest BCUT2D eigenvalue weighted by Gasteiger charge is -2.62. The summed E-state index contributed by atoms with van der Waals surface area (Å²) in [6.45, 7) is 2.07. The molecule has 6 heteroatoms. The quantitative estimate of drug-likeness (QED) is 0.552. The maximum absolute atomic E-state index is 12.7. The zero-order valence-electron chi connectivity index (χ0n) is 17.8. The van der Waals surface area contributed by atoms with Crippen molar-refractivity contribution in [3.05, 3.63) is 58.8 Å². The number of hydrogen-bond donors (Lipinski definition) is 3. The van der Waals surface area contributed by atoms with Crippen molar-refractivity contribution >= 4 is 23.3 Å². The van der Waals surface area contributed by atoms with Crippen molar-refractivity contribution in [3.8, 4) is 11.5 Å². The summed E-state index contributed by atoms with van der Waals surface area (Å²) in [5.74, 6) is 1.58. The SMILES string of the molecule is Cl.Oc1ccc2c3c1O[C@H]1c4[nH]c5ccccc5c4C[C@@]4(O)[C@@H](C2)N(CC2CC2)CC[C@]314. The number of H-pyrrole nitrogens is 1. The number of piperidine rings is 1. The first-order valence-corrected chi connectivity index (χ1v) is 11.7. The Morgan fingerprint density at radius 1 is 1.16 bits per heavy atom. The van der Waals surface area contributed by atoms with Crippen molar-refractivity contribution in [2.45, 2.75) is 55.3 Å². The molecule has 3 aliphatic carbocycles. The number of rotatable bonds is 2. The molecule has 5 aliphatic rings. The number of aliphatic hydroxyl groups is 1. The van der Waals surface area contributed by atoms with Gasteiger partial charge in [0, 0.05) is 35.5 Å². The number of aromatic amines is 1. The Morgan fingerprint density at radius 2 is 2.00 bits per heavy atom. The van der Waals surface area contributed by atoms with Crippen LogP contribution in [0.5, 0.6) is 11.5 Å². The van der Waals surface area contributed by atoms with E-state index in [1.54, 1.807) is 6.07 Å². The van der Waals surface area contributed by atoms with Crippen molar-refractivity contribution in [1.29, 1.82) is 0 Å². The predicted molar refractivity (Wildman–Crippen MR) is 124 cm³/mol. The number of likely N-dealkylation sites (tertiary alicyclic amines) is 1. The van der Waals surface area contributed by atoms with Crippen LogP contribution in [0.15, 0.2) is 36.4 Å². The zero-order valence-corrected chi connectivity index (χ0v) is 18.6. The lowest BCUT2D eigenvalue weighted by Crippen LogP contribution is -2.74. The highest BCUT2D eigenvalue weighted by Gasteiger charge is 2.72. The van der Waals surface area contributed by atoms with Crippen LogP contribution < -0.4 is 4.74 Å². The molecule has 1 aromatic heterocycles. The molecule has 3 heterocycles. The second kappa shape index (κ2) is 6.02. The fourth-order valence-corrected chi connectivity index (χ4v) is 7.57. The Morgan fingerprint density at radius 3 is 2.84 bits per heavy atom. The van der Waals surface area contributed by atoms with E-state index >= 15 is 0 Å². The van der Waals surface area contributed by atoms with Crippen LogP contribution in [0.3, 0.4) is 0 Å². The molecule has 8 rings (SSSR count). The molecule has 0 amide bonds. The topological polar surface area (TPSA) is 68.7 Å². The minimum absolute atomic E-state index is 0. The third kappa shape index (κ3) is 2.04. The highest BCUT2D eigenvalue weighted by Crippen LogP contribution is 2.69. The van der Waals surface area contributed by atoms with Crippen molar-refractivity contribution in [1.82, 2.24) is 9.88 Å². The van der Waals surface area contributed by atoms with Gasteiger partial charge in [-0.3, -0.25) is 4.90 Å². The lowest BCUT2D eigenvalue weighted by atomic mass is 9.49. The number of halogens is 1. The number of nitrogens with one attached hydrogen (secondary N) is 1. The summed E-state index contributed by atoms with van der Waals surface area (Å²) in [6, 6.07) is 12.3. The van der Waals surface area contributed by atoms with Gasteiger partial charge in [0.25, 0.3) is 0 Å². The zero-order chi connectivity index (χ0) is 20.5. The molecule has 2 aromatic carbocycles. The third-order valence-corrected chi connectivity index (χ3v) is 9.07. The van der Waals surface area contributed by atoms with E-state index in [0.29, 0.717) is 12.2 Å². The van der Waals surface area contributed by atoms with E-state index < -0.39 is 11.0 Å². The molecule has 2 bridgehead atoms. The van der Waals surface area contributed by atoms with Crippen molar-refractivity contribution in [3.63, 3.8) is 0 Å². The largest absolute Gasteiger partial charge is 0.504 e. The minimum Gasteiger partial charge on any atom is -0.504 e. The van der Waals surface area contributed by atoms with Crippen LogP contribution in [-0.4, -0.2) is 44.8 Å². The molecular formula is C26H27ClN2O3. The average molecular weight is 451 g/mol. The summed E-state index contributed by atoms with van der Waals surface area (Å²) < 4.78 is 6.60. The number of nitrogens with zero attached hydrogens (tertiary/aromatic N) is 1. The number of benzene rings is 2. The number of ether oxygens (including phenoxy) is 1. The molecule has 1 spiro atoms. The molecule has 4 atom stereocenters. The van der Waals surface area contributed by atoms with Gasteiger partial charge in [-0.15, -0.1) is 12.4 Å². The molecule has 3 N–H and O–H groups in total. The molecule has 3 aromatic rings. The van der Waals surface area contributed by atoms with Crippen LogP contribution >= 0.6 is 12.4 Å². The van der Waals surface area contributed by atoms with Gasteiger partial charge in [0.15, 0.2) is 17.6 Å². The summed E-state index contributed by atoms with van der Waals surface area (Å²) in [4.78, 5) is 6.22. The first kappa shape index (κ1) is 19.3. The Labute approximate surface area is 192 Å². The van der Waals surface area contributed by atoms with Crippen LogP contribution in [0.4, 0.5) is 0 Å². The number of hydrogen-bond acceptors (Lipinski definition) is 4. The van der Waals surface area contributed by atoms with Gasteiger partial charge in [0.05, 0.1) is 16.7 Å². The second-order valence-electron chi connectivity index (χ2n) is 10.5. The van der Waals surface area contributed by atoms with Gasteiger partial charge in [-0.1, -0.05) is 24.3 Å². The first-order chi connectivity index (χ1) is 15.1. The standard InChI is InChI=1S/C26H26N2O3.ClH/c29-19-8-7-15-11-20-26(30)12-17-16-3-1-2-4-18(16)27-22(17)24-25(26,21(15)23(19)31-24)9-10-28(20)13-14-5-6-14;/h1-4,7-8,14,20,24,27,29-30H,5-6,9-13H2;1H/t20-,24+,25+,26-;/m1./s1. The first-order valence-electron chi connectivity index (χ1n) is 11.7. The summed E-state index contributed by atoms with van der Waals surface area (Å²) in [7, 11) is 0. The van der Waals surface area contributed by atoms with Gasteiger partial charge in [0.1, 0.15) is 0 Å². The molecule has 0 unspecified atom stereocenters. The number of aromatic hydroxyl groups is 1. The molecule has 166 valence electrons. The normalized spacial score (nSPS) is 33.9.